The summed E-state index contributed by atoms with van der Waals surface area (Å²) in [7, 11) is 5.98. The molecule has 276 valence electrons. The summed E-state index contributed by atoms with van der Waals surface area (Å²) in [4.78, 5) is 55.6. The van der Waals surface area contributed by atoms with Gasteiger partial charge in [-0.15, -0.1) is 0 Å². The summed E-state index contributed by atoms with van der Waals surface area (Å²) in [5.41, 5.74) is -0.903. The summed E-state index contributed by atoms with van der Waals surface area (Å²) in [5.74, 6) is -1.30. The quantitative estimate of drug-likeness (QED) is 0.214. The van der Waals surface area contributed by atoms with E-state index in [0.29, 0.717) is 23.6 Å². The smallest absolute Gasteiger partial charge is 0.409 e. The number of nitrogens with zero attached hydrogens (tertiary/aromatic N) is 2. The normalized spacial score (nSPS) is 32.3. The number of esters is 1. The molecule has 1 aromatic carbocycles. The van der Waals surface area contributed by atoms with E-state index in [4.69, 9.17) is 35.3 Å². The van der Waals surface area contributed by atoms with E-state index in [2.05, 4.69) is 17.9 Å². The van der Waals surface area contributed by atoms with E-state index in [1.807, 2.05) is 13.0 Å². The van der Waals surface area contributed by atoms with Gasteiger partial charge in [0.15, 0.2) is 5.72 Å². The molecule has 0 spiro atoms. The first-order valence-electron chi connectivity index (χ1n) is 16.4. The number of likely N-dealkylation sites (N-methyl/N-ethyl adjacent to an activating group) is 1. The maximum Gasteiger partial charge on any atom is 0.409 e. The van der Waals surface area contributed by atoms with E-state index in [1.54, 1.807) is 45.2 Å². The Hall–Kier alpha value is -3.30. The molecule has 3 amide bonds. The molecular formula is C35H48ClN3O10S. The molecule has 13 nitrogen and oxygen atoms in total. The molecule has 0 aliphatic carbocycles. The van der Waals surface area contributed by atoms with Crippen LogP contribution in [0.25, 0.3) is 0 Å². The fourth-order valence-corrected chi connectivity index (χ4v) is 6.99. The number of nitrogens with one attached hydrogen (secondary N) is 1. The van der Waals surface area contributed by atoms with E-state index < -0.39 is 65.7 Å². The second-order valence-electron chi connectivity index (χ2n) is 13.4. The maximum absolute atomic E-state index is 14.0. The van der Waals surface area contributed by atoms with Gasteiger partial charge in [0.25, 0.3) is 0 Å². The molecule has 2 unspecified atom stereocenters. The number of halogens is 1. The fraction of sp³-hybridized carbons (Fsp3) is 0.600. The van der Waals surface area contributed by atoms with Gasteiger partial charge in [-0.25, -0.2) is 9.59 Å². The van der Waals surface area contributed by atoms with E-state index in [0.717, 1.165) is 11.1 Å². The molecule has 3 aliphatic rings. The number of rotatable bonds is 7. The van der Waals surface area contributed by atoms with Crippen LogP contribution in [0.1, 0.15) is 52.5 Å². The van der Waals surface area contributed by atoms with Gasteiger partial charge < -0.3 is 38.6 Å². The molecule has 4 rings (SSSR count). The molecule has 2 saturated heterocycles. The lowest BCUT2D eigenvalue weighted by Gasteiger charge is -2.42. The first-order valence-corrected chi connectivity index (χ1v) is 17.5. The first kappa shape index (κ1) is 39.5. The van der Waals surface area contributed by atoms with Crippen molar-refractivity contribution in [1.82, 2.24) is 10.2 Å². The molecule has 4 bridgehead atoms. The van der Waals surface area contributed by atoms with Crippen LogP contribution < -0.4 is 15.0 Å². The van der Waals surface area contributed by atoms with Gasteiger partial charge in [-0.3, -0.25) is 14.9 Å². The van der Waals surface area contributed by atoms with Gasteiger partial charge in [-0.05, 0) is 50.6 Å². The van der Waals surface area contributed by atoms with E-state index in [9.17, 15) is 24.3 Å². The minimum Gasteiger partial charge on any atom is -0.495 e. The minimum atomic E-state index is -1.82. The van der Waals surface area contributed by atoms with Gasteiger partial charge in [-0.1, -0.05) is 42.3 Å². The van der Waals surface area contributed by atoms with Crippen molar-refractivity contribution in [2.75, 3.05) is 39.0 Å². The number of carbonyl (C=O) groups is 4. The summed E-state index contributed by atoms with van der Waals surface area (Å²) < 4.78 is 29.0. The minimum absolute atomic E-state index is 0.0489. The van der Waals surface area contributed by atoms with Crippen molar-refractivity contribution >= 4 is 53.8 Å². The third-order valence-corrected chi connectivity index (χ3v) is 10.5. The molecule has 50 heavy (non-hydrogen) atoms. The number of thiol groups is 1. The number of fused-ring (bicyclic) bond motifs is 5. The van der Waals surface area contributed by atoms with Gasteiger partial charge in [0.2, 0.25) is 11.8 Å². The number of carbonyl (C=O) groups excluding carboxylic acids is 4. The van der Waals surface area contributed by atoms with Crippen LogP contribution in [0.3, 0.4) is 0 Å². The Morgan fingerprint density at radius 1 is 1.28 bits per heavy atom. The van der Waals surface area contributed by atoms with Gasteiger partial charge in [0.05, 0.1) is 25.3 Å². The number of anilines is 1. The zero-order chi connectivity index (χ0) is 37.1. The van der Waals surface area contributed by atoms with Crippen molar-refractivity contribution in [2.24, 2.45) is 5.92 Å². The molecular weight excluding hydrogens is 690 g/mol. The summed E-state index contributed by atoms with van der Waals surface area (Å²) in [5, 5.41) is 14.4. The topological polar surface area (TPSA) is 156 Å². The first-order chi connectivity index (χ1) is 23.5. The molecule has 3 heterocycles. The molecule has 8 atom stereocenters. The Balaban J connectivity index is 1.78. The van der Waals surface area contributed by atoms with Crippen LogP contribution in [0.15, 0.2) is 35.9 Å². The van der Waals surface area contributed by atoms with Crippen molar-refractivity contribution in [3.8, 4) is 5.75 Å². The third kappa shape index (κ3) is 8.42. The summed E-state index contributed by atoms with van der Waals surface area (Å²) >= 11 is 10.8. The van der Waals surface area contributed by atoms with Gasteiger partial charge in [0, 0.05) is 40.0 Å². The monoisotopic (exact) mass is 737 g/mol. The third-order valence-electron chi connectivity index (χ3n) is 9.85. The Kier molecular flexibility index (Phi) is 12.6. The Morgan fingerprint density at radius 3 is 2.62 bits per heavy atom. The highest BCUT2D eigenvalue weighted by atomic mass is 35.5. The average Bonchev–Trinajstić information content (AvgIpc) is 3.76. The fourth-order valence-electron chi connectivity index (χ4n) is 6.49. The molecule has 1 aromatic rings. The van der Waals surface area contributed by atoms with E-state index in [-0.39, 0.29) is 30.2 Å². The lowest BCUT2D eigenvalue weighted by atomic mass is 9.83. The number of ether oxygens (including phenoxy) is 5. The second-order valence-corrected chi connectivity index (χ2v) is 14.2. The van der Waals surface area contributed by atoms with Crippen molar-refractivity contribution in [1.29, 1.82) is 0 Å². The van der Waals surface area contributed by atoms with E-state index >= 15 is 0 Å². The molecule has 3 aliphatic heterocycles. The van der Waals surface area contributed by atoms with Crippen LogP contribution >= 0.6 is 24.2 Å². The number of alkyl carbamates (subject to hydrolysis) is 1. The molecule has 0 saturated carbocycles. The molecule has 2 fully saturated rings. The lowest BCUT2D eigenvalue weighted by Crippen LogP contribution is -2.63. The van der Waals surface area contributed by atoms with Crippen LogP contribution in [0, 0.1) is 5.92 Å². The highest BCUT2D eigenvalue weighted by Crippen LogP contribution is 2.49. The summed E-state index contributed by atoms with van der Waals surface area (Å²) in [6.07, 6.45) is 1.08. The summed E-state index contributed by atoms with van der Waals surface area (Å²) in [6, 6.07) is 2.60. The zero-order valence-corrected chi connectivity index (χ0v) is 31.4. The van der Waals surface area contributed by atoms with Crippen LogP contribution in [-0.4, -0.2) is 110 Å². The van der Waals surface area contributed by atoms with E-state index in [1.165, 1.54) is 38.0 Å². The van der Waals surface area contributed by atoms with Crippen LogP contribution in [0.2, 0.25) is 5.02 Å². The highest BCUT2D eigenvalue weighted by molar-refractivity contribution is 7.80. The zero-order valence-electron chi connectivity index (χ0n) is 29.7. The summed E-state index contributed by atoms with van der Waals surface area (Å²) in [6.45, 7) is 6.96. The number of methoxy groups -OCH3 is 2. The molecule has 0 radical (unpaired) electrons. The van der Waals surface area contributed by atoms with Gasteiger partial charge >= 0.3 is 12.1 Å². The predicted octanol–water partition coefficient (Wildman–Crippen LogP) is 3.83. The van der Waals surface area contributed by atoms with Crippen LogP contribution in [0.4, 0.5) is 10.5 Å². The van der Waals surface area contributed by atoms with Crippen LogP contribution in [-0.2, 0) is 39.8 Å². The Labute approximate surface area is 303 Å². The maximum atomic E-state index is 14.0. The number of aliphatic hydroxyl groups is 1. The van der Waals surface area contributed by atoms with Gasteiger partial charge in [-0.2, -0.15) is 12.6 Å². The number of epoxide rings is 1. The van der Waals surface area contributed by atoms with Gasteiger partial charge in [0.1, 0.15) is 40.7 Å². The van der Waals surface area contributed by atoms with Crippen molar-refractivity contribution < 1.29 is 48.0 Å². The molecule has 15 heteroatoms. The Bertz CT molecular complexity index is 1540. The Morgan fingerprint density at radius 2 is 1.98 bits per heavy atom. The average molecular weight is 738 g/mol. The SMILES string of the molecule is COc1cc2cc(c1Cl)N(C)C(=O)C[C@H](OC(=O)[C@@H](C)N(C)C(=O)CCS)C1(C)O[C@H]1[C@H](C)C1C[C@@](O)(NC(=O)O1)[C@H](OC)/C=C/C=C(\C)C2. The second kappa shape index (κ2) is 15.9. The highest BCUT2D eigenvalue weighted by Gasteiger charge is 2.64. The largest absolute Gasteiger partial charge is 0.495 e. The van der Waals surface area contributed by atoms with Crippen LogP contribution in [0.5, 0.6) is 5.75 Å². The lowest BCUT2D eigenvalue weighted by molar-refractivity contribution is -0.161. The molecule has 0 aromatic heterocycles. The van der Waals surface area contributed by atoms with Crippen molar-refractivity contribution in [3.05, 3.63) is 46.5 Å². The number of benzene rings is 1. The van der Waals surface area contributed by atoms with Crippen molar-refractivity contribution in [3.63, 3.8) is 0 Å². The number of allylic oxidation sites excluding steroid dienone is 3. The van der Waals surface area contributed by atoms with Crippen molar-refractivity contribution in [2.45, 2.75) is 95.2 Å². The molecule has 2 N–H and O–H groups in total. The number of amides is 3. The number of hydrogen-bond acceptors (Lipinski definition) is 11. The number of hydrogen-bond donors (Lipinski definition) is 3. The predicted molar refractivity (Wildman–Crippen MR) is 189 cm³/mol. The standard InChI is InChI=1S/C35H48ClN3O10S/c1-19-10-9-11-26(46-8)35(44)18-25(47-33(43)37-35)20(2)31-34(4,49-31)27(48-32(42)21(3)38(5)28(40)12-13-50)17-29(41)39(6)23-15-22(14-19)16-24(45-7)30(23)36/h9-11,15-16,20-21,25-27,31,44,50H,12-14,17-18H2,1-8H3,(H,37,43)/b11-9+,19-10+/t20-,21-,25?,26-,27+,31+,34?,35+/m1/s1.